The van der Waals surface area contributed by atoms with E-state index < -0.39 is 51.0 Å². The minimum atomic E-state index is -0.676. The predicted molar refractivity (Wildman–Crippen MR) is 150 cm³/mol. The highest BCUT2D eigenvalue weighted by Crippen LogP contribution is 2.40. The second-order valence-electron chi connectivity index (χ2n) is 8.84. The molecular formula is C30H32O12. The quantitative estimate of drug-likeness (QED) is 0.117. The summed E-state index contributed by atoms with van der Waals surface area (Å²) in [7, 11) is 0. The normalized spacial score (nSPS) is 10.1. The van der Waals surface area contributed by atoms with Crippen LogP contribution in [0.4, 0.5) is 0 Å². The fourth-order valence-electron chi connectivity index (χ4n) is 2.84. The number of carbonyl (C=O) groups excluding carboxylic acids is 4. The molecule has 2 aromatic carbocycles. The van der Waals surface area contributed by atoms with Crippen LogP contribution in [0.3, 0.4) is 0 Å². The first-order chi connectivity index (χ1) is 19.8. The van der Waals surface area contributed by atoms with Gasteiger partial charge in [-0.05, 0) is 39.8 Å². The maximum Gasteiger partial charge on any atom is 0.335 e. The number of ether oxygens (including phenoxy) is 8. The summed E-state index contributed by atoms with van der Waals surface area (Å²) in [4.78, 5) is 47.2. The molecule has 0 aliphatic carbocycles. The predicted octanol–water partition coefficient (Wildman–Crippen LogP) is 4.66. The van der Waals surface area contributed by atoms with Crippen LogP contribution in [0.15, 0.2) is 72.9 Å². The molecule has 224 valence electrons. The highest BCUT2D eigenvalue weighted by Gasteiger charge is 2.17. The molecule has 0 spiro atoms. The molecular weight excluding hydrogens is 552 g/mol. The Bertz CT molecular complexity index is 1310. The standard InChI is InChI=1S/C30H32O12/c1-17(2)27(31)39-13-35-21-9-23-24(25(11-21)37-15-41-29(33)19(5)6)10-22(36-14-40-28(32)18(3)4)12-26(23)38-16-42-30(34)20(7)8/h9-12H,1,3,5,7,13-16H2,2,4,6,8H3. The molecule has 0 radical (unpaired) electrons. The van der Waals surface area contributed by atoms with Gasteiger partial charge in [0.05, 0.1) is 0 Å². The van der Waals surface area contributed by atoms with Gasteiger partial charge in [0.1, 0.15) is 23.0 Å². The molecule has 0 unspecified atom stereocenters. The molecule has 0 saturated carbocycles. The lowest BCUT2D eigenvalue weighted by atomic mass is 10.1. The second kappa shape index (κ2) is 15.5. The van der Waals surface area contributed by atoms with Crippen LogP contribution < -0.4 is 18.9 Å². The number of hydrogen-bond acceptors (Lipinski definition) is 12. The Labute approximate surface area is 242 Å². The van der Waals surface area contributed by atoms with E-state index in [2.05, 4.69) is 26.3 Å². The summed E-state index contributed by atoms with van der Waals surface area (Å²) in [6.45, 7) is 18.1. The van der Waals surface area contributed by atoms with Gasteiger partial charge < -0.3 is 37.9 Å². The van der Waals surface area contributed by atoms with Crippen molar-refractivity contribution in [2.24, 2.45) is 0 Å². The summed E-state index contributed by atoms with van der Waals surface area (Å²) in [6.07, 6.45) is 0. The molecule has 0 amide bonds. The third-order valence-electron chi connectivity index (χ3n) is 4.97. The Morgan fingerprint density at radius 1 is 0.476 bits per heavy atom. The average Bonchev–Trinajstić information content (AvgIpc) is 2.92. The van der Waals surface area contributed by atoms with E-state index in [0.29, 0.717) is 10.8 Å². The van der Waals surface area contributed by atoms with Crippen molar-refractivity contribution in [3.63, 3.8) is 0 Å². The molecule has 0 bridgehead atoms. The van der Waals surface area contributed by atoms with Crippen LogP contribution >= 0.6 is 0 Å². The van der Waals surface area contributed by atoms with E-state index in [0.717, 1.165) is 0 Å². The van der Waals surface area contributed by atoms with Gasteiger partial charge in [0.25, 0.3) is 0 Å². The number of esters is 4. The third kappa shape index (κ3) is 10.0. The number of benzene rings is 2. The van der Waals surface area contributed by atoms with Crippen molar-refractivity contribution in [3.8, 4) is 23.0 Å². The van der Waals surface area contributed by atoms with E-state index >= 15 is 0 Å². The highest BCUT2D eigenvalue weighted by atomic mass is 16.7. The molecule has 0 saturated heterocycles. The molecule has 42 heavy (non-hydrogen) atoms. The van der Waals surface area contributed by atoms with Crippen molar-refractivity contribution in [1.82, 2.24) is 0 Å². The number of hydrogen-bond donors (Lipinski definition) is 0. The van der Waals surface area contributed by atoms with E-state index in [4.69, 9.17) is 37.9 Å². The number of carbonyl (C=O) groups is 4. The molecule has 0 aliphatic heterocycles. The van der Waals surface area contributed by atoms with Crippen LogP contribution in [0.1, 0.15) is 27.7 Å². The summed E-state index contributed by atoms with van der Waals surface area (Å²) < 4.78 is 42.7. The van der Waals surface area contributed by atoms with Crippen LogP contribution in [0.5, 0.6) is 23.0 Å². The van der Waals surface area contributed by atoms with Crippen molar-refractivity contribution >= 4 is 34.6 Å². The Balaban J connectivity index is 2.50. The number of rotatable bonds is 16. The van der Waals surface area contributed by atoms with Gasteiger partial charge in [0.15, 0.2) is 0 Å². The monoisotopic (exact) mass is 584 g/mol. The zero-order valence-electron chi connectivity index (χ0n) is 23.9. The van der Waals surface area contributed by atoms with E-state index in [9.17, 15) is 19.2 Å². The van der Waals surface area contributed by atoms with Gasteiger partial charge in [-0.3, -0.25) is 0 Å². The smallest absolute Gasteiger partial charge is 0.335 e. The van der Waals surface area contributed by atoms with E-state index in [-0.39, 0.29) is 45.3 Å². The maximum absolute atomic E-state index is 11.9. The lowest BCUT2D eigenvalue weighted by Gasteiger charge is -2.17. The molecule has 0 atom stereocenters. The van der Waals surface area contributed by atoms with Crippen molar-refractivity contribution in [2.45, 2.75) is 27.7 Å². The molecule has 12 nitrogen and oxygen atoms in total. The zero-order valence-corrected chi connectivity index (χ0v) is 23.9. The molecule has 0 aromatic heterocycles. The largest absolute Gasteiger partial charge is 0.457 e. The highest BCUT2D eigenvalue weighted by molar-refractivity contribution is 5.96. The van der Waals surface area contributed by atoms with Crippen LogP contribution in [0, 0.1) is 0 Å². The van der Waals surface area contributed by atoms with Crippen LogP contribution in [-0.2, 0) is 38.1 Å². The molecule has 2 aromatic rings. The Kier molecular flexibility index (Phi) is 12.2. The summed E-state index contributed by atoms with van der Waals surface area (Å²) in [6, 6.07) is 5.97. The Hall–Kier alpha value is -5.26. The van der Waals surface area contributed by atoms with E-state index in [1.165, 1.54) is 52.0 Å². The Morgan fingerprint density at radius 3 is 1.00 bits per heavy atom. The summed E-state index contributed by atoms with van der Waals surface area (Å²) in [5.41, 5.74) is 0.698. The first-order valence-corrected chi connectivity index (χ1v) is 12.2. The molecule has 0 N–H and O–H groups in total. The SMILES string of the molecule is C=C(C)C(=O)OCOc1cc(OCOC(=O)C(=C)C)c2cc(OCOC(=O)C(=C)C)cc(OCOC(=O)C(=C)C)c2c1. The molecule has 0 fully saturated rings. The van der Waals surface area contributed by atoms with E-state index in [1.807, 2.05) is 0 Å². The minimum Gasteiger partial charge on any atom is -0.457 e. The second-order valence-corrected chi connectivity index (χ2v) is 8.84. The van der Waals surface area contributed by atoms with Gasteiger partial charge in [-0.2, -0.15) is 0 Å². The third-order valence-corrected chi connectivity index (χ3v) is 4.97. The lowest BCUT2D eigenvalue weighted by molar-refractivity contribution is -0.146. The molecule has 0 aliphatic rings. The van der Waals surface area contributed by atoms with Gasteiger partial charge in [0.2, 0.25) is 27.2 Å². The summed E-state index contributed by atoms with van der Waals surface area (Å²) in [5, 5.41) is 0.746. The first kappa shape index (κ1) is 32.9. The first-order valence-electron chi connectivity index (χ1n) is 12.2. The van der Waals surface area contributed by atoms with Gasteiger partial charge in [-0.1, -0.05) is 26.3 Å². The Morgan fingerprint density at radius 2 is 0.738 bits per heavy atom. The summed E-state index contributed by atoms with van der Waals surface area (Å²) in [5.74, 6) is -2.05. The van der Waals surface area contributed by atoms with Crippen molar-refractivity contribution in [2.75, 3.05) is 27.2 Å². The van der Waals surface area contributed by atoms with E-state index in [1.54, 1.807) is 0 Å². The average molecular weight is 585 g/mol. The zero-order chi connectivity index (χ0) is 31.4. The molecule has 0 heterocycles. The summed E-state index contributed by atoms with van der Waals surface area (Å²) >= 11 is 0. The molecule has 2 rings (SSSR count). The maximum atomic E-state index is 11.9. The minimum absolute atomic E-state index is 0.136. The van der Waals surface area contributed by atoms with Crippen molar-refractivity contribution in [3.05, 3.63) is 72.9 Å². The molecule has 12 heteroatoms. The van der Waals surface area contributed by atoms with Gasteiger partial charge in [-0.25, -0.2) is 19.2 Å². The van der Waals surface area contributed by atoms with Crippen molar-refractivity contribution in [1.29, 1.82) is 0 Å². The van der Waals surface area contributed by atoms with Crippen LogP contribution in [0.25, 0.3) is 10.8 Å². The lowest BCUT2D eigenvalue weighted by Crippen LogP contribution is -2.13. The fourth-order valence-corrected chi connectivity index (χ4v) is 2.84. The van der Waals surface area contributed by atoms with Crippen LogP contribution in [0.2, 0.25) is 0 Å². The van der Waals surface area contributed by atoms with Gasteiger partial charge in [0, 0.05) is 45.2 Å². The topological polar surface area (TPSA) is 142 Å². The fraction of sp³-hybridized carbons (Fsp3) is 0.267. The number of fused-ring (bicyclic) bond motifs is 1. The van der Waals surface area contributed by atoms with Gasteiger partial charge >= 0.3 is 23.9 Å². The van der Waals surface area contributed by atoms with Crippen LogP contribution in [-0.4, -0.2) is 51.0 Å². The van der Waals surface area contributed by atoms with Gasteiger partial charge in [-0.15, -0.1) is 0 Å². The van der Waals surface area contributed by atoms with Crippen molar-refractivity contribution < 1.29 is 57.1 Å².